The number of aliphatic hydroxyl groups is 2. The lowest BCUT2D eigenvalue weighted by atomic mass is 9.89. The van der Waals surface area contributed by atoms with Crippen molar-refractivity contribution in [1.82, 2.24) is 0 Å². The smallest absolute Gasteiger partial charge is 0.108 e. The van der Waals surface area contributed by atoms with Crippen molar-refractivity contribution in [2.45, 2.75) is 37.4 Å². The van der Waals surface area contributed by atoms with Crippen molar-refractivity contribution in [1.29, 1.82) is 0 Å². The molecule has 2 heteroatoms. The Morgan fingerprint density at radius 2 is 1.35 bits per heavy atom. The molecule has 0 amide bonds. The van der Waals surface area contributed by atoms with Crippen molar-refractivity contribution in [3.05, 3.63) is 60.2 Å². The van der Waals surface area contributed by atoms with Gasteiger partial charge < -0.3 is 10.2 Å². The summed E-state index contributed by atoms with van der Waals surface area (Å²) in [7, 11) is 0. The fourth-order valence-electron chi connectivity index (χ4n) is 3.06. The van der Waals surface area contributed by atoms with Gasteiger partial charge in [0.2, 0.25) is 0 Å². The molecule has 2 nitrogen and oxygen atoms in total. The first-order valence-corrected chi connectivity index (χ1v) is 7.25. The molecule has 0 heterocycles. The van der Waals surface area contributed by atoms with Crippen LogP contribution in [0.1, 0.15) is 37.4 Å². The van der Waals surface area contributed by atoms with Crippen LogP contribution in [0, 0.1) is 0 Å². The van der Waals surface area contributed by atoms with Gasteiger partial charge in [-0.05, 0) is 29.5 Å². The van der Waals surface area contributed by atoms with E-state index in [4.69, 9.17) is 0 Å². The summed E-state index contributed by atoms with van der Waals surface area (Å²) in [4.78, 5) is 0. The number of benzene rings is 2. The van der Waals surface area contributed by atoms with E-state index in [0.29, 0.717) is 12.8 Å². The van der Waals surface area contributed by atoms with Gasteiger partial charge in [-0.1, -0.05) is 67.4 Å². The van der Waals surface area contributed by atoms with Crippen LogP contribution in [0.4, 0.5) is 0 Å². The normalized spacial score (nSPS) is 18.9. The molecule has 1 aliphatic rings. The van der Waals surface area contributed by atoms with E-state index in [9.17, 15) is 10.2 Å². The first kappa shape index (κ1) is 13.3. The monoisotopic (exact) mass is 268 g/mol. The van der Waals surface area contributed by atoms with E-state index in [-0.39, 0.29) is 0 Å². The van der Waals surface area contributed by atoms with Gasteiger partial charge in [-0.3, -0.25) is 0 Å². The third-order valence-electron chi connectivity index (χ3n) is 4.31. The second-order valence-electron chi connectivity index (χ2n) is 5.70. The fraction of sp³-hybridized carbons (Fsp3) is 0.333. The van der Waals surface area contributed by atoms with Crippen molar-refractivity contribution in [2.24, 2.45) is 0 Å². The van der Waals surface area contributed by atoms with Crippen LogP contribution in [0.15, 0.2) is 54.6 Å². The van der Waals surface area contributed by atoms with Gasteiger partial charge in [0.1, 0.15) is 6.10 Å². The van der Waals surface area contributed by atoms with Gasteiger partial charge in [0.15, 0.2) is 0 Å². The largest absolute Gasteiger partial charge is 0.387 e. The molecule has 0 radical (unpaired) electrons. The van der Waals surface area contributed by atoms with Crippen LogP contribution in [0.25, 0.3) is 11.1 Å². The van der Waals surface area contributed by atoms with Gasteiger partial charge in [-0.2, -0.15) is 0 Å². The molecule has 2 N–H and O–H groups in total. The number of hydrogen-bond donors (Lipinski definition) is 2. The summed E-state index contributed by atoms with van der Waals surface area (Å²) in [5, 5.41) is 20.8. The van der Waals surface area contributed by atoms with Crippen LogP contribution in [0.3, 0.4) is 0 Å². The van der Waals surface area contributed by atoms with E-state index < -0.39 is 11.7 Å². The van der Waals surface area contributed by atoms with Gasteiger partial charge in [-0.25, -0.2) is 0 Å². The lowest BCUT2D eigenvalue weighted by molar-refractivity contribution is -0.0719. The molecule has 0 saturated heterocycles. The summed E-state index contributed by atoms with van der Waals surface area (Å²) in [5.74, 6) is 0. The predicted octanol–water partition coefficient (Wildman–Crippen LogP) is 3.69. The maximum atomic E-state index is 10.4. The molecule has 0 bridgehead atoms. The zero-order valence-electron chi connectivity index (χ0n) is 11.5. The zero-order valence-corrected chi connectivity index (χ0v) is 11.5. The topological polar surface area (TPSA) is 40.5 Å². The minimum Gasteiger partial charge on any atom is -0.387 e. The highest BCUT2D eigenvalue weighted by Gasteiger charge is 2.39. The Kier molecular flexibility index (Phi) is 3.60. The molecule has 20 heavy (non-hydrogen) atoms. The third kappa shape index (κ3) is 2.49. The average Bonchev–Trinajstić information content (AvgIpc) is 2.96. The van der Waals surface area contributed by atoms with E-state index in [1.165, 1.54) is 0 Å². The minimum atomic E-state index is -0.936. The van der Waals surface area contributed by atoms with Crippen LogP contribution in [0.5, 0.6) is 0 Å². The molecule has 104 valence electrons. The molecule has 1 aliphatic carbocycles. The Bertz CT molecular complexity index is 554. The molecule has 3 rings (SSSR count). The van der Waals surface area contributed by atoms with Gasteiger partial charge in [-0.15, -0.1) is 0 Å². The van der Waals surface area contributed by atoms with Gasteiger partial charge in [0, 0.05) is 0 Å². The van der Waals surface area contributed by atoms with Crippen LogP contribution in [-0.2, 0) is 0 Å². The third-order valence-corrected chi connectivity index (χ3v) is 4.31. The van der Waals surface area contributed by atoms with Crippen molar-refractivity contribution in [2.75, 3.05) is 0 Å². The van der Waals surface area contributed by atoms with Crippen molar-refractivity contribution in [3.63, 3.8) is 0 Å². The molecular formula is C18H20O2. The molecule has 1 unspecified atom stereocenters. The molecule has 0 aromatic heterocycles. The average molecular weight is 268 g/mol. The molecule has 0 spiro atoms. The van der Waals surface area contributed by atoms with E-state index >= 15 is 0 Å². The quantitative estimate of drug-likeness (QED) is 0.891. The summed E-state index contributed by atoms with van der Waals surface area (Å²) >= 11 is 0. The van der Waals surface area contributed by atoms with Crippen LogP contribution < -0.4 is 0 Å². The Labute approximate surface area is 119 Å². The fourth-order valence-corrected chi connectivity index (χ4v) is 3.06. The lowest BCUT2D eigenvalue weighted by Gasteiger charge is -2.28. The maximum absolute atomic E-state index is 10.4. The molecule has 0 aliphatic heterocycles. The molecule has 1 saturated carbocycles. The summed E-state index contributed by atoms with van der Waals surface area (Å²) in [5.41, 5.74) is 2.15. The second kappa shape index (κ2) is 5.39. The van der Waals surface area contributed by atoms with Gasteiger partial charge in [0.25, 0.3) is 0 Å². The highest BCUT2D eigenvalue weighted by molar-refractivity contribution is 5.63. The van der Waals surface area contributed by atoms with Gasteiger partial charge >= 0.3 is 0 Å². The summed E-state index contributed by atoms with van der Waals surface area (Å²) in [6.45, 7) is 0. The summed E-state index contributed by atoms with van der Waals surface area (Å²) in [6, 6.07) is 18.0. The van der Waals surface area contributed by atoms with Crippen LogP contribution >= 0.6 is 0 Å². The molecule has 2 aromatic carbocycles. The van der Waals surface area contributed by atoms with Crippen molar-refractivity contribution < 1.29 is 10.2 Å². The minimum absolute atomic E-state index is 0.689. The van der Waals surface area contributed by atoms with Crippen LogP contribution in [-0.4, -0.2) is 15.8 Å². The SMILES string of the molecule is OC(c1ccc(-c2ccccc2)cc1)C1(O)CCCC1. The first-order chi connectivity index (χ1) is 9.69. The Hall–Kier alpha value is -1.64. The van der Waals surface area contributed by atoms with Crippen molar-refractivity contribution >= 4 is 0 Å². The zero-order chi connectivity index (χ0) is 14.0. The standard InChI is InChI=1S/C18H20O2/c19-17(18(20)12-4-5-13-18)16-10-8-15(9-11-16)14-6-2-1-3-7-14/h1-3,6-11,17,19-20H,4-5,12-13H2. The first-order valence-electron chi connectivity index (χ1n) is 7.25. The van der Waals surface area contributed by atoms with Gasteiger partial charge in [0.05, 0.1) is 5.60 Å². The maximum Gasteiger partial charge on any atom is 0.108 e. The van der Waals surface area contributed by atoms with E-state index in [1.54, 1.807) is 0 Å². The highest BCUT2D eigenvalue weighted by atomic mass is 16.3. The van der Waals surface area contributed by atoms with Crippen molar-refractivity contribution in [3.8, 4) is 11.1 Å². The second-order valence-corrected chi connectivity index (χ2v) is 5.70. The Balaban J connectivity index is 1.83. The Morgan fingerprint density at radius 3 is 1.95 bits per heavy atom. The molecule has 2 aromatic rings. The molecular weight excluding hydrogens is 248 g/mol. The predicted molar refractivity (Wildman–Crippen MR) is 80.3 cm³/mol. The van der Waals surface area contributed by atoms with E-state index in [0.717, 1.165) is 29.5 Å². The van der Waals surface area contributed by atoms with E-state index in [2.05, 4.69) is 12.1 Å². The number of aliphatic hydroxyl groups excluding tert-OH is 1. The lowest BCUT2D eigenvalue weighted by Crippen LogP contribution is -2.32. The summed E-state index contributed by atoms with van der Waals surface area (Å²) < 4.78 is 0. The van der Waals surface area contributed by atoms with Crippen LogP contribution in [0.2, 0.25) is 0 Å². The number of rotatable bonds is 3. The Morgan fingerprint density at radius 1 is 0.800 bits per heavy atom. The highest BCUT2D eigenvalue weighted by Crippen LogP contribution is 2.40. The summed E-state index contributed by atoms with van der Waals surface area (Å²) in [6.07, 6.45) is 2.59. The molecule has 1 atom stereocenters. The number of hydrogen-bond acceptors (Lipinski definition) is 2. The van der Waals surface area contributed by atoms with E-state index in [1.807, 2.05) is 42.5 Å². The molecule has 1 fully saturated rings.